The smallest absolute Gasteiger partial charge is 0.0641 e. The van der Waals surface area contributed by atoms with E-state index in [9.17, 15) is 10.2 Å². The molecule has 0 fully saturated rings. The van der Waals surface area contributed by atoms with Gasteiger partial charge in [-0.1, -0.05) is 20.8 Å². The Kier molecular flexibility index (Phi) is 4.80. The highest BCUT2D eigenvalue weighted by atomic mass is 16.3. The standard InChI is InChI=1S/C10H22O2/c1-5-10(4,12)7-9(11)6-8(2)3/h8-9,11-12H,5-7H2,1-4H3. The Bertz CT molecular complexity index is 119. The Morgan fingerprint density at radius 1 is 1.33 bits per heavy atom. The van der Waals surface area contributed by atoms with Crippen molar-refractivity contribution in [3.8, 4) is 0 Å². The fraction of sp³-hybridized carbons (Fsp3) is 1.00. The van der Waals surface area contributed by atoms with Crippen LogP contribution in [0.15, 0.2) is 0 Å². The molecule has 0 bridgehead atoms. The van der Waals surface area contributed by atoms with Gasteiger partial charge in [0.05, 0.1) is 11.7 Å². The summed E-state index contributed by atoms with van der Waals surface area (Å²) in [5.74, 6) is 0.493. The Balaban J connectivity index is 3.75. The van der Waals surface area contributed by atoms with Crippen molar-refractivity contribution in [2.75, 3.05) is 0 Å². The van der Waals surface area contributed by atoms with E-state index in [1.54, 1.807) is 6.92 Å². The minimum absolute atomic E-state index is 0.361. The first-order chi connectivity index (χ1) is 5.37. The number of rotatable bonds is 5. The first-order valence-corrected chi connectivity index (χ1v) is 4.78. The van der Waals surface area contributed by atoms with E-state index in [-0.39, 0.29) is 6.10 Å². The summed E-state index contributed by atoms with van der Waals surface area (Å²) in [6, 6.07) is 0. The molecule has 0 amide bonds. The molecule has 2 unspecified atom stereocenters. The number of hydrogen-bond donors (Lipinski definition) is 2. The van der Waals surface area contributed by atoms with Gasteiger partial charge in [-0.15, -0.1) is 0 Å². The molecule has 0 aromatic rings. The molecule has 0 saturated carbocycles. The van der Waals surface area contributed by atoms with E-state index in [1.165, 1.54) is 0 Å². The van der Waals surface area contributed by atoms with Crippen LogP contribution in [0.3, 0.4) is 0 Å². The molecule has 0 aliphatic rings. The van der Waals surface area contributed by atoms with Crippen molar-refractivity contribution >= 4 is 0 Å². The third-order valence-electron chi connectivity index (χ3n) is 2.18. The Hall–Kier alpha value is -0.0800. The monoisotopic (exact) mass is 174 g/mol. The lowest BCUT2D eigenvalue weighted by Gasteiger charge is -2.25. The normalized spacial score (nSPS) is 19.2. The van der Waals surface area contributed by atoms with Crippen molar-refractivity contribution in [1.82, 2.24) is 0 Å². The lowest BCUT2D eigenvalue weighted by molar-refractivity contribution is -0.00449. The molecule has 2 atom stereocenters. The van der Waals surface area contributed by atoms with E-state index in [1.807, 2.05) is 6.92 Å². The minimum atomic E-state index is -0.700. The molecule has 0 spiro atoms. The van der Waals surface area contributed by atoms with Crippen molar-refractivity contribution in [2.45, 2.75) is 58.7 Å². The van der Waals surface area contributed by atoms with E-state index >= 15 is 0 Å². The maximum atomic E-state index is 9.65. The highest BCUT2D eigenvalue weighted by molar-refractivity contribution is 4.75. The largest absolute Gasteiger partial charge is 0.393 e. The van der Waals surface area contributed by atoms with Gasteiger partial charge in [-0.2, -0.15) is 0 Å². The maximum Gasteiger partial charge on any atom is 0.0641 e. The van der Waals surface area contributed by atoms with E-state index in [0.29, 0.717) is 18.8 Å². The molecule has 0 saturated heterocycles. The summed E-state index contributed by atoms with van der Waals surface area (Å²) >= 11 is 0. The summed E-state index contributed by atoms with van der Waals surface area (Å²) in [6.07, 6.45) is 1.60. The van der Waals surface area contributed by atoms with Crippen LogP contribution < -0.4 is 0 Å². The maximum absolute atomic E-state index is 9.65. The molecule has 0 aromatic heterocycles. The molecule has 0 aliphatic heterocycles. The lowest BCUT2D eigenvalue weighted by Crippen LogP contribution is -2.29. The van der Waals surface area contributed by atoms with Crippen LogP contribution in [0.1, 0.15) is 47.0 Å². The Morgan fingerprint density at radius 3 is 2.17 bits per heavy atom. The zero-order valence-corrected chi connectivity index (χ0v) is 8.67. The topological polar surface area (TPSA) is 40.5 Å². The first-order valence-electron chi connectivity index (χ1n) is 4.78. The molecular weight excluding hydrogens is 152 g/mol. The summed E-state index contributed by atoms with van der Waals surface area (Å²) in [5, 5.41) is 19.2. The van der Waals surface area contributed by atoms with Crippen LogP contribution in [-0.2, 0) is 0 Å². The highest BCUT2D eigenvalue weighted by Gasteiger charge is 2.22. The van der Waals surface area contributed by atoms with Gasteiger partial charge >= 0.3 is 0 Å². The van der Waals surface area contributed by atoms with Gasteiger partial charge in [0.25, 0.3) is 0 Å². The summed E-state index contributed by atoms with van der Waals surface area (Å²) in [6.45, 7) is 7.85. The van der Waals surface area contributed by atoms with Gasteiger partial charge in [-0.25, -0.2) is 0 Å². The Labute approximate surface area is 75.6 Å². The van der Waals surface area contributed by atoms with E-state index in [4.69, 9.17) is 0 Å². The van der Waals surface area contributed by atoms with Gasteiger partial charge in [0.1, 0.15) is 0 Å². The predicted octanol–water partition coefficient (Wildman–Crippen LogP) is 1.94. The zero-order valence-electron chi connectivity index (χ0n) is 8.67. The Morgan fingerprint density at radius 2 is 1.83 bits per heavy atom. The van der Waals surface area contributed by atoms with Crippen LogP contribution >= 0.6 is 0 Å². The van der Waals surface area contributed by atoms with Crippen molar-refractivity contribution in [3.63, 3.8) is 0 Å². The summed E-state index contributed by atoms with van der Waals surface area (Å²) < 4.78 is 0. The van der Waals surface area contributed by atoms with Gasteiger partial charge in [-0.3, -0.25) is 0 Å². The third-order valence-corrected chi connectivity index (χ3v) is 2.18. The quantitative estimate of drug-likeness (QED) is 0.668. The van der Waals surface area contributed by atoms with Gasteiger partial charge in [0.15, 0.2) is 0 Å². The van der Waals surface area contributed by atoms with Crippen LogP contribution in [0.4, 0.5) is 0 Å². The molecule has 2 N–H and O–H groups in total. The summed E-state index contributed by atoms with van der Waals surface area (Å²) in [4.78, 5) is 0. The van der Waals surface area contributed by atoms with Gasteiger partial charge in [0, 0.05) is 6.42 Å². The van der Waals surface area contributed by atoms with Crippen molar-refractivity contribution < 1.29 is 10.2 Å². The number of aliphatic hydroxyl groups excluding tert-OH is 1. The van der Waals surface area contributed by atoms with E-state index in [0.717, 1.165) is 6.42 Å². The van der Waals surface area contributed by atoms with Crippen LogP contribution in [0.2, 0.25) is 0 Å². The van der Waals surface area contributed by atoms with Crippen molar-refractivity contribution in [1.29, 1.82) is 0 Å². The van der Waals surface area contributed by atoms with Gasteiger partial charge < -0.3 is 10.2 Å². The zero-order chi connectivity index (χ0) is 9.78. The first kappa shape index (κ1) is 11.9. The number of hydrogen-bond acceptors (Lipinski definition) is 2. The van der Waals surface area contributed by atoms with E-state index < -0.39 is 5.60 Å². The fourth-order valence-corrected chi connectivity index (χ4v) is 1.28. The highest BCUT2D eigenvalue weighted by Crippen LogP contribution is 2.19. The molecule has 0 heterocycles. The molecule has 74 valence electrons. The van der Waals surface area contributed by atoms with Crippen LogP contribution in [0.5, 0.6) is 0 Å². The molecule has 0 aliphatic carbocycles. The third kappa shape index (κ3) is 5.56. The molecule has 0 radical (unpaired) electrons. The van der Waals surface area contributed by atoms with Crippen molar-refractivity contribution in [2.24, 2.45) is 5.92 Å². The second kappa shape index (κ2) is 4.83. The average Bonchev–Trinajstić information content (AvgIpc) is 1.84. The summed E-state index contributed by atoms with van der Waals surface area (Å²) in [7, 11) is 0. The number of aliphatic hydroxyl groups is 2. The molecule has 2 heteroatoms. The summed E-state index contributed by atoms with van der Waals surface area (Å²) in [5.41, 5.74) is -0.700. The molecule has 0 rings (SSSR count). The van der Waals surface area contributed by atoms with Crippen molar-refractivity contribution in [3.05, 3.63) is 0 Å². The molecule has 0 aromatic carbocycles. The average molecular weight is 174 g/mol. The van der Waals surface area contributed by atoms with Crippen LogP contribution in [0, 0.1) is 5.92 Å². The fourth-order valence-electron chi connectivity index (χ4n) is 1.28. The second-order valence-electron chi connectivity index (χ2n) is 4.34. The SMILES string of the molecule is CCC(C)(O)CC(O)CC(C)C. The van der Waals surface area contributed by atoms with Gasteiger partial charge in [-0.05, 0) is 25.7 Å². The molecular formula is C10H22O2. The van der Waals surface area contributed by atoms with Crippen LogP contribution in [0.25, 0.3) is 0 Å². The molecule has 12 heavy (non-hydrogen) atoms. The second-order valence-corrected chi connectivity index (χ2v) is 4.34. The lowest BCUT2D eigenvalue weighted by atomic mass is 9.92. The van der Waals surface area contributed by atoms with Gasteiger partial charge in [0.2, 0.25) is 0 Å². The minimum Gasteiger partial charge on any atom is -0.393 e. The molecule has 2 nitrogen and oxygen atoms in total. The van der Waals surface area contributed by atoms with E-state index in [2.05, 4.69) is 13.8 Å². The van der Waals surface area contributed by atoms with Crippen LogP contribution in [-0.4, -0.2) is 21.9 Å². The predicted molar refractivity (Wildman–Crippen MR) is 51.0 cm³/mol.